The predicted octanol–water partition coefficient (Wildman–Crippen LogP) is 1.90. The van der Waals surface area contributed by atoms with Crippen LogP contribution in [0.3, 0.4) is 0 Å². The second-order valence-electron chi connectivity index (χ2n) is 4.61. The molecule has 2 N–H and O–H groups in total. The summed E-state index contributed by atoms with van der Waals surface area (Å²) in [5, 5.41) is 0. The highest BCUT2D eigenvalue weighted by atomic mass is 15.1. The lowest BCUT2D eigenvalue weighted by atomic mass is 10.1. The number of rotatable bonds is 3. The van der Waals surface area contributed by atoms with Gasteiger partial charge in [0.1, 0.15) is 5.52 Å². The normalized spacial score (nSPS) is 13.6. The summed E-state index contributed by atoms with van der Waals surface area (Å²) in [6, 6.07) is 2.62. The number of pyridine rings is 1. The van der Waals surface area contributed by atoms with E-state index in [0.717, 1.165) is 23.1 Å². The molecule has 2 aromatic heterocycles. The lowest BCUT2D eigenvalue weighted by molar-refractivity contribution is 0.612. The second kappa shape index (κ2) is 4.22. The predicted molar refractivity (Wildman–Crippen MR) is 65.3 cm³/mol. The highest BCUT2D eigenvalue weighted by Crippen LogP contribution is 2.16. The zero-order valence-corrected chi connectivity index (χ0v) is 10.0. The molecule has 0 aliphatic rings. The third kappa shape index (κ3) is 2.07. The second-order valence-corrected chi connectivity index (χ2v) is 4.61. The molecule has 86 valence electrons. The van der Waals surface area contributed by atoms with Crippen molar-refractivity contribution in [2.75, 3.05) is 0 Å². The third-order valence-corrected chi connectivity index (χ3v) is 2.58. The third-order valence-electron chi connectivity index (χ3n) is 2.58. The van der Waals surface area contributed by atoms with Crippen LogP contribution in [0.25, 0.3) is 11.2 Å². The topological polar surface area (TPSA) is 56.7 Å². The minimum atomic E-state index is 0.159. The molecule has 0 aliphatic heterocycles. The number of imidazole rings is 1. The van der Waals surface area contributed by atoms with Crippen LogP contribution < -0.4 is 5.73 Å². The standard InChI is InChI=1S/C12H18N4/c1-8(2)16-7-15-11-5-10(4-9(3)13)6-14-12(11)16/h5-9H,4,13H2,1-3H3. The molecule has 2 aromatic rings. The summed E-state index contributed by atoms with van der Waals surface area (Å²) in [4.78, 5) is 8.83. The Hall–Kier alpha value is -1.42. The monoisotopic (exact) mass is 218 g/mol. The molecule has 4 heteroatoms. The molecule has 0 saturated heterocycles. The molecule has 0 aliphatic carbocycles. The molecule has 4 nitrogen and oxygen atoms in total. The highest BCUT2D eigenvalue weighted by molar-refractivity contribution is 5.71. The van der Waals surface area contributed by atoms with Crippen molar-refractivity contribution in [2.45, 2.75) is 39.3 Å². The lowest BCUT2D eigenvalue weighted by Gasteiger charge is -2.08. The molecule has 0 aromatic carbocycles. The first-order chi connectivity index (χ1) is 7.58. The summed E-state index contributed by atoms with van der Waals surface area (Å²) in [6.07, 6.45) is 4.59. The molecule has 0 saturated carbocycles. The van der Waals surface area contributed by atoms with E-state index in [2.05, 4.69) is 34.4 Å². The van der Waals surface area contributed by atoms with E-state index < -0.39 is 0 Å². The molecular weight excluding hydrogens is 200 g/mol. The first kappa shape index (κ1) is 11.1. The molecule has 0 amide bonds. The van der Waals surface area contributed by atoms with E-state index >= 15 is 0 Å². The molecule has 16 heavy (non-hydrogen) atoms. The SMILES string of the molecule is CC(N)Cc1cnc2c(c1)ncn2C(C)C. The summed E-state index contributed by atoms with van der Waals surface area (Å²) in [5.74, 6) is 0. The molecular formula is C12H18N4. The summed E-state index contributed by atoms with van der Waals surface area (Å²) in [7, 11) is 0. The summed E-state index contributed by atoms with van der Waals surface area (Å²) in [5.41, 5.74) is 8.82. The Morgan fingerprint density at radius 2 is 2.06 bits per heavy atom. The van der Waals surface area contributed by atoms with E-state index in [9.17, 15) is 0 Å². The minimum absolute atomic E-state index is 0.159. The summed E-state index contributed by atoms with van der Waals surface area (Å²) >= 11 is 0. The van der Waals surface area contributed by atoms with Gasteiger partial charge in [0.25, 0.3) is 0 Å². The van der Waals surface area contributed by atoms with Crippen LogP contribution in [0.5, 0.6) is 0 Å². The molecule has 0 bridgehead atoms. The maximum Gasteiger partial charge on any atom is 0.160 e. The number of hydrogen-bond donors (Lipinski definition) is 1. The molecule has 2 rings (SSSR count). The molecule has 0 spiro atoms. The van der Waals surface area contributed by atoms with Crippen molar-refractivity contribution in [3.8, 4) is 0 Å². The first-order valence-electron chi connectivity index (χ1n) is 5.65. The van der Waals surface area contributed by atoms with E-state index in [1.165, 1.54) is 0 Å². The van der Waals surface area contributed by atoms with E-state index in [0.29, 0.717) is 6.04 Å². The van der Waals surface area contributed by atoms with E-state index in [1.807, 2.05) is 19.4 Å². The van der Waals surface area contributed by atoms with Gasteiger partial charge in [-0.2, -0.15) is 0 Å². The first-order valence-corrected chi connectivity index (χ1v) is 5.65. The van der Waals surface area contributed by atoms with Crippen LogP contribution in [-0.4, -0.2) is 20.6 Å². The van der Waals surface area contributed by atoms with Gasteiger partial charge in [-0.3, -0.25) is 0 Å². The number of hydrogen-bond acceptors (Lipinski definition) is 3. The smallest absolute Gasteiger partial charge is 0.160 e. The van der Waals surface area contributed by atoms with Crippen molar-refractivity contribution in [2.24, 2.45) is 5.73 Å². The van der Waals surface area contributed by atoms with Crippen LogP contribution in [0, 0.1) is 0 Å². The van der Waals surface area contributed by atoms with Crippen molar-refractivity contribution in [3.63, 3.8) is 0 Å². The fourth-order valence-corrected chi connectivity index (χ4v) is 1.82. The molecule has 0 fully saturated rings. The van der Waals surface area contributed by atoms with Crippen LogP contribution in [-0.2, 0) is 6.42 Å². The van der Waals surface area contributed by atoms with Gasteiger partial charge >= 0.3 is 0 Å². The maximum atomic E-state index is 5.77. The Kier molecular flexibility index (Phi) is 2.92. The fraction of sp³-hybridized carbons (Fsp3) is 0.500. The van der Waals surface area contributed by atoms with Crippen molar-refractivity contribution in [3.05, 3.63) is 24.2 Å². The Morgan fingerprint density at radius 3 is 2.69 bits per heavy atom. The average Bonchev–Trinajstić information content (AvgIpc) is 2.59. The van der Waals surface area contributed by atoms with Gasteiger partial charge in [0.2, 0.25) is 0 Å². The lowest BCUT2D eigenvalue weighted by Crippen LogP contribution is -2.17. The van der Waals surface area contributed by atoms with Crippen LogP contribution in [0.1, 0.15) is 32.4 Å². The molecule has 1 unspecified atom stereocenters. The Morgan fingerprint density at radius 1 is 1.31 bits per heavy atom. The molecule has 2 heterocycles. The van der Waals surface area contributed by atoms with E-state index in [1.54, 1.807) is 0 Å². The van der Waals surface area contributed by atoms with Gasteiger partial charge in [0.05, 0.1) is 6.33 Å². The van der Waals surface area contributed by atoms with Gasteiger partial charge in [0, 0.05) is 18.3 Å². The molecule has 1 atom stereocenters. The van der Waals surface area contributed by atoms with Gasteiger partial charge in [-0.1, -0.05) is 0 Å². The number of nitrogens with two attached hydrogens (primary N) is 1. The molecule has 0 radical (unpaired) electrons. The number of fused-ring (bicyclic) bond motifs is 1. The van der Waals surface area contributed by atoms with Gasteiger partial charge in [0.15, 0.2) is 5.65 Å². The van der Waals surface area contributed by atoms with Gasteiger partial charge in [-0.25, -0.2) is 9.97 Å². The number of aromatic nitrogens is 3. The van der Waals surface area contributed by atoms with Crippen LogP contribution in [0.15, 0.2) is 18.6 Å². The zero-order chi connectivity index (χ0) is 11.7. The Bertz CT molecular complexity index is 485. The highest BCUT2D eigenvalue weighted by Gasteiger charge is 2.08. The van der Waals surface area contributed by atoms with Crippen LogP contribution in [0.4, 0.5) is 0 Å². The van der Waals surface area contributed by atoms with Crippen molar-refractivity contribution >= 4 is 11.2 Å². The fourth-order valence-electron chi connectivity index (χ4n) is 1.82. The van der Waals surface area contributed by atoms with Crippen LogP contribution in [0.2, 0.25) is 0 Å². The Labute approximate surface area is 95.5 Å². The van der Waals surface area contributed by atoms with Gasteiger partial charge < -0.3 is 10.3 Å². The summed E-state index contributed by atoms with van der Waals surface area (Å²) in [6.45, 7) is 6.24. The van der Waals surface area contributed by atoms with E-state index in [-0.39, 0.29) is 6.04 Å². The van der Waals surface area contributed by atoms with Crippen LogP contribution >= 0.6 is 0 Å². The maximum absolute atomic E-state index is 5.77. The quantitative estimate of drug-likeness (QED) is 0.856. The van der Waals surface area contributed by atoms with Crippen molar-refractivity contribution in [1.29, 1.82) is 0 Å². The van der Waals surface area contributed by atoms with Crippen molar-refractivity contribution < 1.29 is 0 Å². The van der Waals surface area contributed by atoms with Gasteiger partial charge in [-0.15, -0.1) is 0 Å². The Balaban J connectivity index is 2.41. The minimum Gasteiger partial charge on any atom is -0.328 e. The average molecular weight is 218 g/mol. The summed E-state index contributed by atoms with van der Waals surface area (Å²) < 4.78 is 2.07. The zero-order valence-electron chi connectivity index (χ0n) is 10.0. The number of nitrogens with zero attached hydrogens (tertiary/aromatic N) is 3. The van der Waals surface area contributed by atoms with Crippen molar-refractivity contribution in [1.82, 2.24) is 14.5 Å². The largest absolute Gasteiger partial charge is 0.328 e. The van der Waals surface area contributed by atoms with E-state index in [4.69, 9.17) is 5.73 Å². The van der Waals surface area contributed by atoms with Gasteiger partial charge in [-0.05, 0) is 38.8 Å².